The molecule has 0 radical (unpaired) electrons. The van der Waals surface area contributed by atoms with Crippen molar-refractivity contribution in [1.29, 1.82) is 0 Å². The van der Waals surface area contributed by atoms with Gasteiger partial charge in [-0.25, -0.2) is 4.79 Å². The van der Waals surface area contributed by atoms with Gasteiger partial charge in [0.25, 0.3) is 0 Å². The molecule has 4 aromatic rings. The molecule has 5 nitrogen and oxygen atoms in total. The standard InChI is InChI=1S/C25H23N3O2/c1-26-23-22(19-9-5-7-11-21(19)27-23)25(16-12-14-17(15-13-16)28(2)3)20-10-6-4-8-18(20)24(29)30-25/h4-15,26-27H,1-3H3. The van der Waals surface area contributed by atoms with Gasteiger partial charge >= 0.3 is 5.97 Å². The number of aromatic amines is 1. The Bertz CT molecular complexity index is 1260. The summed E-state index contributed by atoms with van der Waals surface area (Å²) in [6.45, 7) is 0. The molecule has 1 aliphatic rings. The van der Waals surface area contributed by atoms with Crippen molar-refractivity contribution in [2.75, 3.05) is 31.4 Å². The minimum atomic E-state index is -1.05. The van der Waals surface area contributed by atoms with Gasteiger partial charge in [0, 0.05) is 48.9 Å². The molecule has 0 spiro atoms. The summed E-state index contributed by atoms with van der Waals surface area (Å²) in [5.41, 5.74) is 4.30. The van der Waals surface area contributed by atoms with Crippen molar-refractivity contribution in [2.45, 2.75) is 5.60 Å². The minimum Gasteiger partial charge on any atom is -0.440 e. The number of anilines is 2. The molecule has 0 saturated heterocycles. The Balaban J connectivity index is 1.88. The minimum absolute atomic E-state index is 0.311. The van der Waals surface area contributed by atoms with Gasteiger partial charge in [0.1, 0.15) is 5.82 Å². The molecule has 5 rings (SSSR count). The van der Waals surface area contributed by atoms with E-state index in [9.17, 15) is 4.79 Å². The SMILES string of the molecule is CNc1[nH]c2ccccc2c1C1(c2ccc(N(C)C)cc2)OC(=O)c2ccccc21. The topological polar surface area (TPSA) is 57.4 Å². The van der Waals surface area contributed by atoms with Crippen molar-refractivity contribution >= 4 is 28.4 Å². The molecule has 0 saturated carbocycles. The Hall–Kier alpha value is -3.73. The zero-order valence-electron chi connectivity index (χ0n) is 17.2. The predicted molar refractivity (Wildman–Crippen MR) is 120 cm³/mol. The van der Waals surface area contributed by atoms with Crippen molar-refractivity contribution in [1.82, 2.24) is 4.98 Å². The van der Waals surface area contributed by atoms with Gasteiger partial charge in [0.2, 0.25) is 0 Å². The van der Waals surface area contributed by atoms with Gasteiger partial charge in [-0.1, -0.05) is 48.5 Å². The summed E-state index contributed by atoms with van der Waals surface area (Å²) in [6, 6.07) is 24.0. The van der Waals surface area contributed by atoms with E-state index in [1.165, 1.54) is 0 Å². The molecule has 5 heteroatoms. The number of carbonyl (C=O) groups is 1. The second-order valence-corrected chi connectivity index (χ2v) is 7.73. The van der Waals surface area contributed by atoms with Crippen LogP contribution in [-0.4, -0.2) is 32.1 Å². The number of para-hydroxylation sites is 1. The van der Waals surface area contributed by atoms with E-state index in [4.69, 9.17) is 4.74 Å². The van der Waals surface area contributed by atoms with Gasteiger partial charge in [0.05, 0.1) is 11.1 Å². The quantitative estimate of drug-likeness (QED) is 0.489. The van der Waals surface area contributed by atoms with Gasteiger partial charge in [-0.2, -0.15) is 0 Å². The van der Waals surface area contributed by atoms with Gasteiger partial charge in [-0.05, 0) is 24.3 Å². The maximum atomic E-state index is 13.0. The molecular weight excluding hydrogens is 374 g/mol. The van der Waals surface area contributed by atoms with Crippen molar-refractivity contribution in [3.63, 3.8) is 0 Å². The van der Waals surface area contributed by atoms with E-state index in [-0.39, 0.29) is 5.97 Å². The van der Waals surface area contributed by atoms with Crippen molar-refractivity contribution < 1.29 is 9.53 Å². The number of hydrogen-bond acceptors (Lipinski definition) is 4. The lowest BCUT2D eigenvalue weighted by Gasteiger charge is -2.31. The number of carbonyl (C=O) groups excluding carboxylic acids is 1. The molecule has 0 fully saturated rings. The van der Waals surface area contributed by atoms with Crippen LogP contribution in [0.2, 0.25) is 0 Å². The van der Waals surface area contributed by atoms with E-state index in [0.717, 1.165) is 39.1 Å². The summed E-state index contributed by atoms with van der Waals surface area (Å²) in [4.78, 5) is 18.5. The van der Waals surface area contributed by atoms with E-state index >= 15 is 0 Å². The first-order chi connectivity index (χ1) is 14.6. The Morgan fingerprint density at radius 2 is 1.63 bits per heavy atom. The molecule has 3 aromatic carbocycles. The van der Waals surface area contributed by atoms with Crippen LogP contribution in [0.25, 0.3) is 10.9 Å². The third kappa shape index (κ3) is 2.45. The Kier molecular flexibility index (Phi) is 4.07. The number of esters is 1. The van der Waals surface area contributed by atoms with E-state index in [0.29, 0.717) is 5.56 Å². The number of H-pyrrole nitrogens is 1. The summed E-state index contributed by atoms with van der Waals surface area (Å²) in [5, 5.41) is 4.29. The number of nitrogens with zero attached hydrogens (tertiary/aromatic N) is 1. The monoisotopic (exact) mass is 397 g/mol. The maximum Gasteiger partial charge on any atom is 0.340 e. The molecule has 1 aromatic heterocycles. The van der Waals surface area contributed by atoms with Gasteiger partial charge in [-0.3, -0.25) is 0 Å². The largest absolute Gasteiger partial charge is 0.440 e. The molecule has 1 aliphatic heterocycles. The molecular formula is C25H23N3O2. The average Bonchev–Trinajstić information content (AvgIpc) is 3.30. The highest BCUT2D eigenvalue weighted by Crippen LogP contribution is 2.51. The first kappa shape index (κ1) is 18.3. The number of fused-ring (bicyclic) bond motifs is 2. The number of ether oxygens (including phenoxy) is 1. The van der Waals surface area contributed by atoms with Crippen LogP contribution in [-0.2, 0) is 10.3 Å². The zero-order valence-corrected chi connectivity index (χ0v) is 17.2. The summed E-state index contributed by atoms with van der Waals surface area (Å²) in [6.07, 6.45) is 0. The molecule has 30 heavy (non-hydrogen) atoms. The third-order valence-corrected chi connectivity index (χ3v) is 5.87. The number of rotatable bonds is 4. The summed E-state index contributed by atoms with van der Waals surface area (Å²) in [7, 11) is 5.89. The Morgan fingerprint density at radius 3 is 2.37 bits per heavy atom. The molecule has 0 bridgehead atoms. The number of nitrogens with one attached hydrogen (secondary N) is 2. The van der Waals surface area contributed by atoms with Gasteiger partial charge in [-0.15, -0.1) is 0 Å². The van der Waals surface area contributed by atoms with Crippen molar-refractivity contribution in [3.8, 4) is 0 Å². The lowest BCUT2D eigenvalue weighted by molar-refractivity contribution is 0.0258. The van der Waals surface area contributed by atoms with E-state index in [1.807, 2.05) is 75.7 Å². The number of cyclic esters (lactones) is 1. The smallest absolute Gasteiger partial charge is 0.340 e. The molecule has 2 heterocycles. The van der Waals surface area contributed by atoms with Gasteiger partial charge in [0.15, 0.2) is 5.60 Å². The summed E-state index contributed by atoms with van der Waals surface area (Å²) in [5.74, 6) is 0.520. The summed E-state index contributed by atoms with van der Waals surface area (Å²) >= 11 is 0. The normalized spacial score (nSPS) is 17.6. The fraction of sp³-hybridized carbons (Fsp3) is 0.160. The Morgan fingerprint density at radius 1 is 0.933 bits per heavy atom. The van der Waals surface area contributed by atoms with Crippen LogP contribution in [0.3, 0.4) is 0 Å². The van der Waals surface area contributed by atoms with Crippen LogP contribution in [0.5, 0.6) is 0 Å². The second-order valence-electron chi connectivity index (χ2n) is 7.73. The van der Waals surface area contributed by atoms with E-state index in [1.54, 1.807) is 0 Å². The molecule has 0 aliphatic carbocycles. The van der Waals surface area contributed by atoms with Crippen LogP contribution in [0.15, 0.2) is 72.8 Å². The first-order valence-electron chi connectivity index (χ1n) is 9.96. The van der Waals surface area contributed by atoms with Crippen LogP contribution < -0.4 is 10.2 Å². The third-order valence-electron chi connectivity index (χ3n) is 5.87. The van der Waals surface area contributed by atoms with Crippen molar-refractivity contribution in [2.24, 2.45) is 0 Å². The highest BCUT2D eigenvalue weighted by atomic mass is 16.6. The molecule has 2 N–H and O–H groups in total. The van der Waals surface area contributed by atoms with Gasteiger partial charge < -0.3 is 19.9 Å². The molecule has 1 atom stereocenters. The second kappa shape index (κ2) is 6.66. The van der Waals surface area contributed by atoms with Crippen LogP contribution >= 0.6 is 0 Å². The van der Waals surface area contributed by atoms with E-state index < -0.39 is 5.60 Å². The van der Waals surface area contributed by atoms with Crippen LogP contribution in [0, 0.1) is 0 Å². The lowest BCUT2D eigenvalue weighted by atomic mass is 9.79. The predicted octanol–water partition coefficient (Wildman–Crippen LogP) is 4.74. The molecule has 1 unspecified atom stereocenters. The fourth-order valence-corrected chi connectivity index (χ4v) is 4.45. The highest BCUT2D eigenvalue weighted by molar-refractivity contribution is 5.99. The molecule has 0 amide bonds. The molecule has 150 valence electrons. The van der Waals surface area contributed by atoms with Crippen LogP contribution in [0.4, 0.5) is 11.5 Å². The first-order valence-corrected chi connectivity index (χ1v) is 9.96. The lowest BCUT2D eigenvalue weighted by Crippen LogP contribution is -2.30. The number of aromatic nitrogens is 1. The van der Waals surface area contributed by atoms with Crippen LogP contribution in [0.1, 0.15) is 27.0 Å². The zero-order chi connectivity index (χ0) is 20.9. The number of hydrogen-bond donors (Lipinski definition) is 2. The highest BCUT2D eigenvalue weighted by Gasteiger charge is 2.51. The number of benzene rings is 3. The van der Waals surface area contributed by atoms with Crippen molar-refractivity contribution in [3.05, 3.63) is 95.1 Å². The fourth-order valence-electron chi connectivity index (χ4n) is 4.45. The van der Waals surface area contributed by atoms with E-state index in [2.05, 4.69) is 33.4 Å². The maximum absolute atomic E-state index is 13.0. The average molecular weight is 397 g/mol. The Labute approximate surface area is 175 Å². The summed E-state index contributed by atoms with van der Waals surface area (Å²) < 4.78 is 6.29.